The van der Waals surface area contributed by atoms with Crippen molar-refractivity contribution in [3.8, 4) is 5.75 Å². The molecule has 2 heterocycles. The molecule has 0 fully saturated rings. The normalized spacial score (nSPS) is 11.0. The highest BCUT2D eigenvalue weighted by atomic mass is 32.1. The minimum Gasteiger partial charge on any atom is -0.497 e. The molecule has 1 aromatic carbocycles. The minimum atomic E-state index is 0.451. The molecule has 5 nitrogen and oxygen atoms in total. The lowest BCUT2D eigenvalue weighted by Gasteiger charge is -2.11. The van der Waals surface area contributed by atoms with Crippen LogP contribution in [-0.2, 0) is 6.42 Å². The first-order valence-corrected chi connectivity index (χ1v) is 7.07. The van der Waals surface area contributed by atoms with Crippen molar-refractivity contribution in [2.45, 2.75) is 20.3 Å². The van der Waals surface area contributed by atoms with Gasteiger partial charge in [-0.05, 0) is 49.3 Å². The number of methoxy groups -OCH3 is 1. The van der Waals surface area contributed by atoms with Crippen LogP contribution in [0.4, 0.5) is 0 Å². The lowest BCUT2D eigenvalue weighted by atomic mass is 10.0. The number of aromatic amines is 1. The Kier molecular flexibility index (Phi) is 3.47. The molecule has 3 aromatic rings. The number of benzene rings is 1. The van der Waals surface area contributed by atoms with Crippen LogP contribution < -0.4 is 4.74 Å². The molecule has 0 amide bonds. The van der Waals surface area contributed by atoms with Crippen LogP contribution in [0.5, 0.6) is 5.75 Å². The van der Waals surface area contributed by atoms with E-state index in [9.17, 15) is 0 Å². The number of fused-ring (bicyclic) bond motifs is 1. The number of nitrogens with one attached hydrogen (secondary N) is 1. The van der Waals surface area contributed by atoms with Crippen molar-refractivity contribution in [2.75, 3.05) is 7.11 Å². The molecule has 0 bridgehead atoms. The van der Waals surface area contributed by atoms with E-state index in [4.69, 9.17) is 17.0 Å². The van der Waals surface area contributed by atoms with Gasteiger partial charge in [0.05, 0.1) is 7.11 Å². The van der Waals surface area contributed by atoms with E-state index >= 15 is 0 Å². The average molecular weight is 300 g/mol. The van der Waals surface area contributed by atoms with E-state index in [0.717, 1.165) is 23.6 Å². The minimum absolute atomic E-state index is 0.451. The SMILES string of the molecule is COc1ccc(Cc2c(C)nc3nc(=S)[nH]n3c2C)cc1. The zero-order valence-electron chi connectivity index (χ0n) is 12.2. The Labute approximate surface area is 127 Å². The number of hydrogen-bond acceptors (Lipinski definition) is 4. The van der Waals surface area contributed by atoms with Crippen LogP contribution in [0.1, 0.15) is 22.5 Å². The van der Waals surface area contributed by atoms with Crippen molar-refractivity contribution in [3.63, 3.8) is 0 Å². The first-order valence-electron chi connectivity index (χ1n) is 6.66. The van der Waals surface area contributed by atoms with Crippen LogP contribution in [0, 0.1) is 18.6 Å². The largest absolute Gasteiger partial charge is 0.497 e. The maximum absolute atomic E-state index is 5.19. The van der Waals surface area contributed by atoms with Crippen LogP contribution in [0.2, 0.25) is 0 Å². The summed E-state index contributed by atoms with van der Waals surface area (Å²) in [5, 5.41) is 3.04. The molecule has 108 valence electrons. The number of aryl methyl sites for hydroxylation is 2. The maximum Gasteiger partial charge on any atom is 0.252 e. The van der Waals surface area contributed by atoms with Crippen molar-refractivity contribution < 1.29 is 4.74 Å². The Morgan fingerprint density at radius 2 is 1.90 bits per heavy atom. The Morgan fingerprint density at radius 1 is 1.19 bits per heavy atom. The van der Waals surface area contributed by atoms with E-state index < -0.39 is 0 Å². The van der Waals surface area contributed by atoms with E-state index in [2.05, 4.69) is 27.2 Å². The monoisotopic (exact) mass is 300 g/mol. The first kappa shape index (κ1) is 13.8. The highest BCUT2D eigenvalue weighted by Gasteiger charge is 2.11. The van der Waals surface area contributed by atoms with E-state index in [1.54, 1.807) is 7.11 Å². The van der Waals surface area contributed by atoms with Gasteiger partial charge in [0.25, 0.3) is 5.78 Å². The van der Waals surface area contributed by atoms with Gasteiger partial charge in [0.2, 0.25) is 4.77 Å². The Bertz CT molecular complexity index is 848. The van der Waals surface area contributed by atoms with Gasteiger partial charge in [-0.25, -0.2) is 9.50 Å². The lowest BCUT2D eigenvalue weighted by molar-refractivity contribution is 0.414. The topological polar surface area (TPSA) is 55.2 Å². The quantitative estimate of drug-likeness (QED) is 0.756. The standard InChI is InChI=1S/C15H16N4OS/c1-9-13(8-11-4-6-12(20-3)7-5-11)10(2)19-14(16-9)17-15(21)18-19/h4-7H,8H2,1-3H3,(H,18,21). The smallest absolute Gasteiger partial charge is 0.252 e. The second kappa shape index (κ2) is 5.29. The Balaban J connectivity index is 2.04. The predicted octanol–water partition coefficient (Wildman–Crippen LogP) is 3.00. The fourth-order valence-electron chi connectivity index (χ4n) is 2.44. The third-order valence-corrected chi connectivity index (χ3v) is 3.81. The molecule has 21 heavy (non-hydrogen) atoms. The van der Waals surface area contributed by atoms with E-state index in [1.807, 2.05) is 30.5 Å². The van der Waals surface area contributed by atoms with E-state index in [0.29, 0.717) is 10.5 Å². The molecule has 0 unspecified atom stereocenters. The van der Waals surface area contributed by atoms with Crippen LogP contribution in [0.15, 0.2) is 24.3 Å². The molecule has 6 heteroatoms. The number of aromatic nitrogens is 4. The summed E-state index contributed by atoms with van der Waals surface area (Å²) in [5.41, 5.74) is 4.44. The van der Waals surface area contributed by atoms with Gasteiger partial charge in [-0.3, -0.25) is 5.10 Å². The summed E-state index contributed by atoms with van der Waals surface area (Å²) < 4.78 is 7.48. The summed E-state index contributed by atoms with van der Waals surface area (Å²) in [4.78, 5) is 8.72. The second-order valence-corrected chi connectivity index (χ2v) is 5.34. The number of ether oxygens (including phenoxy) is 1. The number of hydrogen-bond donors (Lipinski definition) is 1. The van der Waals surface area contributed by atoms with Crippen molar-refractivity contribution >= 4 is 18.0 Å². The molecule has 2 aromatic heterocycles. The fourth-order valence-corrected chi connectivity index (χ4v) is 2.61. The molecule has 0 spiro atoms. The molecule has 0 saturated heterocycles. The van der Waals surface area contributed by atoms with E-state index in [1.165, 1.54) is 11.1 Å². The molecular weight excluding hydrogens is 284 g/mol. The number of rotatable bonds is 3. The van der Waals surface area contributed by atoms with Crippen LogP contribution in [-0.4, -0.2) is 26.7 Å². The average Bonchev–Trinajstić information content (AvgIpc) is 2.85. The van der Waals surface area contributed by atoms with Gasteiger partial charge in [0.1, 0.15) is 5.75 Å². The summed E-state index contributed by atoms with van der Waals surface area (Å²) in [6.45, 7) is 4.05. The van der Waals surface area contributed by atoms with Crippen LogP contribution in [0.25, 0.3) is 5.78 Å². The van der Waals surface area contributed by atoms with Gasteiger partial charge >= 0.3 is 0 Å². The third-order valence-electron chi connectivity index (χ3n) is 3.63. The first-order chi connectivity index (χ1) is 10.1. The molecule has 3 rings (SSSR count). The van der Waals surface area contributed by atoms with Crippen LogP contribution >= 0.6 is 12.2 Å². The van der Waals surface area contributed by atoms with Gasteiger partial charge in [-0.15, -0.1) is 0 Å². The van der Waals surface area contributed by atoms with Gasteiger partial charge in [0, 0.05) is 17.8 Å². The fraction of sp³-hybridized carbons (Fsp3) is 0.267. The van der Waals surface area contributed by atoms with Gasteiger partial charge in [0.15, 0.2) is 0 Å². The Hall–Kier alpha value is -2.21. The lowest BCUT2D eigenvalue weighted by Crippen LogP contribution is -2.06. The molecule has 0 atom stereocenters. The van der Waals surface area contributed by atoms with Crippen molar-refractivity contribution in [1.29, 1.82) is 0 Å². The molecule has 0 radical (unpaired) electrons. The summed E-state index contributed by atoms with van der Waals surface area (Å²) >= 11 is 5.08. The highest BCUT2D eigenvalue weighted by Crippen LogP contribution is 2.19. The van der Waals surface area contributed by atoms with E-state index in [-0.39, 0.29) is 0 Å². The predicted molar refractivity (Wildman–Crippen MR) is 83.4 cm³/mol. The zero-order chi connectivity index (χ0) is 15.0. The van der Waals surface area contributed by atoms with Gasteiger partial charge < -0.3 is 4.74 Å². The summed E-state index contributed by atoms with van der Waals surface area (Å²) in [6, 6.07) is 8.07. The second-order valence-electron chi connectivity index (χ2n) is 4.95. The zero-order valence-corrected chi connectivity index (χ0v) is 13.0. The third kappa shape index (κ3) is 2.54. The Morgan fingerprint density at radius 3 is 2.57 bits per heavy atom. The van der Waals surface area contributed by atoms with Crippen molar-refractivity contribution in [2.24, 2.45) is 0 Å². The number of nitrogens with zero attached hydrogens (tertiary/aromatic N) is 3. The molecule has 0 aliphatic carbocycles. The molecule has 0 saturated carbocycles. The number of H-pyrrole nitrogens is 1. The highest BCUT2D eigenvalue weighted by molar-refractivity contribution is 7.71. The van der Waals surface area contributed by atoms with Crippen molar-refractivity contribution in [3.05, 3.63) is 51.6 Å². The summed E-state index contributed by atoms with van der Waals surface area (Å²) in [5.74, 6) is 1.48. The molecular formula is C15H16N4OS. The van der Waals surface area contributed by atoms with Crippen LogP contribution in [0.3, 0.4) is 0 Å². The summed E-state index contributed by atoms with van der Waals surface area (Å²) in [7, 11) is 1.67. The van der Waals surface area contributed by atoms with Gasteiger partial charge in [-0.2, -0.15) is 4.98 Å². The molecule has 0 aliphatic heterocycles. The maximum atomic E-state index is 5.19. The van der Waals surface area contributed by atoms with Gasteiger partial charge in [-0.1, -0.05) is 12.1 Å². The summed E-state index contributed by atoms with van der Waals surface area (Å²) in [6.07, 6.45) is 0.809. The van der Waals surface area contributed by atoms with Crippen molar-refractivity contribution in [1.82, 2.24) is 19.6 Å². The molecule has 0 aliphatic rings. The molecule has 1 N–H and O–H groups in total.